The van der Waals surface area contributed by atoms with Crippen molar-refractivity contribution in [2.75, 3.05) is 19.6 Å². The summed E-state index contributed by atoms with van der Waals surface area (Å²) in [5.41, 5.74) is 3.48. The van der Waals surface area contributed by atoms with E-state index in [1.54, 1.807) is 6.07 Å². The number of carbonyl (C=O) groups excluding carboxylic acids is 1. The highest BCUT2D eigenvalue weighted by atomic mass is 35.5. The number of nitrogens with zero attached hydrogens (tertiary/aromatic N) is 2. The molecule has 38 heavy (non-hydrogen) atoms. The maximum Gasteiger partial charge on any atom is 0.251 e. The summed E-state index contributed by atoms with van der Waals surface area (Å²) in [5.74, 6) is -0.238. The van der Waals surface area contributed by atoms with E-state index < -0.39 is 10.0 Å². The number of carbonyl (C=O) groups is 1. The monoisotopic (exact) mass is 555 g/mol. The SMILES string of the molecule is CC(C)(C)N(CCNC(=O)c1ccc2c(c1)CCN(S(=O)(=O)c1cccc(O)c1)C2)Cc1ccc(Cl)cc1. The Balaban J connectivity index is 1.37. The van der Waals surface area contributed by atoms with Crippen LogP contribution in [0.2, 0.25) is 5.02 Å². The van der Waals surface area contributed by atoms with E-state index in [1.807, 2.05) is 36.4 Å². The van der Waals surface area contributed by atoms with Crippen molar-refractivity contribution in [2.45, 2.75) is 50.7 Å². The van der Waals surface area contributed by atoms with Gasteiger partial charge in [-0.3, -0.25) is 9.69 Å². The van der Waals surface area contributed by atoms with Crippen molar-refractivity contribution in [3.8, 4) is 5.75 Å². The predicted molar refractivity (Wildman–Crippen MR) is 150 cm³/mol. The fourth-order valence-corrected chi connectivity index (χ4v) is 6.12. The maximum absolute atomic E-state index is 13.0. The number of halogens is 1. The summed E-state index contributed by atoms with van der Waals surface area (Å²) < 4.78 is 27.5. The van der Waals surface area contributed by atoms with E-state index in [4.69, 9.17) is 11.6 Å². The van der Waals surface area contributed by atoms with Gasteiger partial charge in [-0.15, -0.1) is 0 Å². The van der Waals surface area contributed by atoms with Crippen LogP contribution in [-0.2, 0) is 29.5 Å². The summed E-state index contributed by atoms with van der Waals surface area (Å²) in [6.45, 7) is 8.91. The highest BCUT2D eigenvalue weighted by molar-refractivity contribution is 7.89. The van der Waals surface area contributed by atoms with Crippen molar-refractivity contribution in [1.82, 2.24) is 14.5 Å². The lowest BCUT2D eigenvalue weighted by atomic mass is 9.98. The second kappa shape index (κ2) is 11.5. The lowest BCUT2D eigenvalue weighted by Gasteiger charge is -2.36. The summed E-state index contributed by atoms with van der Waals surface area (Å²) in [4.78, 5) is 15.3. The first-order valence-electron chi connectivity index (χ1n) is 12.6. The first-order valence-corrected chi connectivity index (χ1v) is 14.4. The van der Waals surface area contributed by atoms with Gasteiger partial charge in [-0.05, 0) is 86.3 Å². The molecule has 7 nitrogen and oxygen atoms in total. The number of hydrogen-bond acceptors (Lipinski definition) is 5. The summed E-state index contributed by atoms with van der Waals surface area (Å²) in [7, 11) is -3.73. The molecule has 0 spiro atoms. The molecule has 0 unspecified atom stereocenters. The number of fused-ring (bicyclic) bond motifs is 1. The van der Waals surface area contributed by atoms with Gasteiger partial charge in [-0.1, -0.05) is 35.9 Å². The highest BCUT2D eigenvalue weighted by Crippen LogP contribution is 2.27. The minimum Gasteiger partial charge on any atom is -0.508 e. The second-order valence-electron chi connectivity index (χ2n) is 10.5. The zero-order valence-electron chi connectivity index (χ0n) is 21.9. The molecule has 0 bridgehead atoms. The molecule has 202 valence electrons. The number of aromatic hydroxyl groups is 1. The first kappa shape index (κ1) is 28.1. The predicted octanol–water partition coefficient (Wildman–Crippen LogP) is 4.82. The Labute approximate surface area is 230 Å². The van der Waals surface area contributed by atoms with Gasteiger partial charge in [0.2, 0.25) is 10.0 Å². The quantitative estimate of drug-likeness (QED) is 0.416. The van der Waals surface area contributed by atoms with Crippen LogP contribution in [0.4, 0.5) is 0 Å². The topological polar surface area (TPSA) is 90.0 Å². The van der Waals surface area contributed by atoms with Gasteiger partial charge in [0.25, 0.3) is 5.91 Å². The number of nitrogens with one attached hydrogen (secondary N) is 1. The molecule has 0 aliphatic carbocycles. The number of phenolic OH excluding ortho intramolecular Hbond substituents is 1. The van der Waals surface area contributed by atoms with E-state index in [2.05, 4.69) is 31.0 Å². The van der Waals surface area contributed by atoms with Crippen LogP contribution >= 0.6 is 11.6 Å². The van der Waals surface area contributed by atoms with Gasteiger partial charge in [0.1, 0.15) is 5.75 Å². The van der Waals surface area contributed by atoms with E-state index in [0.717, 1.165) is 23.2 Å². The molecule has 3 aromatic rings. The number of rotatable bonds is 8. The number of amides is 1. The van der Waals surface area contributed by atoms with E-state index in [9.17, 15) is 18.3 Å². The van der Waals surface area contributed by atoms with Crippen LogP contribution in [0.25, 0.3) is 0 Å². The number of sulfonamides is 1. The van der Waals surface area contributed by atoms with Gasteiger partial charge in [0.15, 0.2) is 0 Å². The van der Waals surface area contributed by atoms with Crippen LogP contribution in [0.1, 0.15) is 47.8 Å². The fraction of sp³-hybridized carbons (Fsp3) is 0.345. The average molecular weight is 556 g/mol. The molecule has 0 aromatic heterocycles. The van der Waals surface area contributed by atoms with Crippen LogP contribution < -0.4 is 5.32 Å². The molecule has 0 fully saturated rings. The smallest absolute Gasteiger partial charge is 0.251 e. The third-order valence-corrected chi connectivity index (χ3v) is 8.90. The fourth-order valence-electron chi connectivity index (χ4n) is 4.53. The van der Waals surface area contributed by atoms with Crippen molar-refractivity contribution in [2.24, 2.45) is 0 Å². The summed E-state index contributed by atoms with van der Waals surface area (Å²) in [5, 5.41) is 13.4. The van der Waals surface area contributed by atoms with Gasteiger partial charge in [-0.2, -0.15) is 4.31 Å². The Bertz CT molecular complexity index is 1400. The minimum atomic E-state index is -3.73. The zero-order valence-corrected chi connectivity index (χ0v) is 23.5. The van der Waals surface area contributed by atoms with Gasteiger partial charge in [0.05, 0.1) is 4.90 Å². The van der Waals surface area contributed by atoms with E-state index in [1.165, 1.54) is 28.6 Å². The summed E-state index contributed by atoms with van der Waals surface area (Å²) in [6.07, 6.45) is 0.507. The molecule has 1 aliphatic heterocycles. The van der Waals surface area contributed by atoms with Gasteiger partial charge >= 0.3 is 0 Å². The minimum absolute atomic E-state index is 0.0670. The molecule has 0 saturated heterocycles. The van der Waals surface area contributed by atoms with Crippen LogP contribution in [0.15, 0.2) is 71.6 Å². The zero-order chi connectivity index (χ0) is 27.5. The van der Waals surface area contributed by atoms with Crippen LogP contribution in [-0.4, -0.2) is 53.8 Å². The van der Waals surface area contributed by atoms with Crippen molar-refractivity contribution in [1.29, 1.82) is 0 Å². The standard InChI is InChI=1S/C29H34ClN3O4S/c1-29(2,3)32(19-21-7-11-25(30)12-8-21)16-14-31-28(35)23-9-10-24-20-33(15-13-22(24)17-23)38(36,37)27-6-4-5-26(34)18-27/h4-12,17-18,34H,13-16,19-20H2,1-3H3,(H,31,35). The molecule has 1 amide bonds. The molecule has 0 saturated carbocycles. The first-order chi connectivity index (χ1) is 17.9. The molecular weight excluding hydrogens is 522 g/mol. The number of phenols is 1. The Morgan fingerprint density at radius 2 is 1.79 bits per heavy atom. The summed E-state index contributed by atoms with van der Waals surface area (Å²) in [6, 6.07) is 18.9. The molecule has 2 N–H and O–H groups in total. The third kappa shape index (κ3) is 6.74. The largest absolute Gasteiger partial charge is 0.508 e. The normalized spacial score (nSPS) is 14.3. The van der Waals surface area contributed by atoms with E-state index in [0.29, 0.717) is 36.6 Å². The van der Waals surface area contributed by atoms with Gasteiger partial charge < -0.3 is 10.4 Å². The maximum atomic E-state index is 13.0. The summed E-state index contributed by atoms with van der Waals surface area (Å²) >= 11 is 6.02. The van der Waals surface area contributed by atoms with Crippen molar-refractivity contribution >= 4 is 27.5 Å². The van der Waals surface area contributed by atoms with Crippen molar-refractivity contribution in [3.63, 3.8) is 0 Å². The molecule has 1 aliphatic rings. The Morgan fingerprint density at radius 3 is 2.47 bits per heavy atom. The van der Waals surface area contributed by atoms with Crippen LogP contribution in [0.3, 0.4) is 0 Å². The third-order valence-electron chi connectivity index (χ3n) is 6.80. The van der Waals surface area contributed by atoms with E-state index in [-0.39, 0.29) is 28.6 Å². The lowest BCUT2D eigenvalue weighted by molar-refractivity contribution is 0.0921. The van der Waals surface area contributed by atoms with E-state index >= 15 is 0 Å². The molecule has 0 radical (unpaired) electrons. The van der Waals surface area contributed by atoms with Crippen LogP contribution in [0.5, 0.6) is 5.75 Å². The number of hydrogen-bond donors (Lipinski definition) is 2. The molecule has 9 heteroatoms. The van der Waals surface area contributed by atoms with Crippen molar-refractivity contribution < 1.29 is 18.3 Å². The number of benzene rings is 3. The van der Waals surface area contributed by atoms with Crippen LogP contribution in [0, 0.1) is 0 Å². The average Bonchev–Trinajstić information content (AvgIpc) is 2.88. The Hall–Kier alpha value is -2.91. The van der Waals surface area contributed by atoms with Gasteiger partial charge in [0, 0.05) is 48.8 Å². The molecule has 4 rings (SSSR count). The lowest BCUT2D eigenvalue weighted by Crippen LogP contribution is -2.45. The molecule has 0 atom stereocenters. The second-order valence-corrected chi connectivity index (χ2v) is 12.9. The van der Waals surface area contributed by atoms with Crippen molar-refractivity contribution in [3.05, 3.63) is 94.0 Å². The Morgan fingerprint density at radius 1 is 1.05 bits per heavy atom. The Kier molecular flexibility index (Phi) is 8.47. The highest BCUT2D eigenvalue weighted by Gasteiger charge is 2.29. The van der Waals surface area contributed by atoms with Gasteiger partial charge in [-0.25, -0.2) is 8.42 Å². The molecular formula is C29H34ClN3O4S. The molecule has 3 aromatic carbocycles. The molecule has 1 heterocycles.